The molecule has 0 saturated heterocycles. The Hall–Kier alpha value is -0.601. The average molecular weight is 273 g/mol. The second kappa shape index (κ2) is 4.28. The Morgan fingerprint density at radius 1 is 1.29 bits per heavy atom. The molecule has 0 amide bonds. The van der Waals surface area contributed by atoms with Crippen molar-refractivity contribution in [1.29, 1.82) is 0 Å². The number of hydrogen-bond acceptors (Lipinski definition) is 2. The minimum atomic E-state index is 0.0266. The molecule has 0 saturated carbocycles. The zero-order valence-electron chi connectivity index (χ0n) is 7.27. The molecule has 0 spiro atoms. The van der Waals surface area contributed by atoms with Crippen LogP contribution in [0.3, 0.4) is 0 Å². The van der Waals surface area contributed by atoms with Gasteiger partial charge in [-0.05, 0) is 0 Å². The van der Waals surface area contributed by atoms with Crippen LogP contribution in [0.2, 0.25) is 5.02 Å². The van der Waals surface area contributed by atoms with Crippen molar-refractivity contribution in [3.8, 4) is 10.1 Å². The molecule has 1 aromatic heterocycles. The van der Waals surface area contributed by atoms with Gasteiger partial charge in [-0.15, -0.1) is 0 Å². The third-order valence-corrected chi connectivity index (χ3v) is 4.03. The molecule has 0 bridgehead atoms. The van der Waals surface area contributed by atoms with E-state index in [1.807, 2.05) is 29.2 Å². The number of nitrogens with zero attached hydrogens (tertiary/aromatic N) is 1. The molecule has 72 valence electrons. The first kappa shape index (κ1) is 9.94. The number of aliphatic hydroxyl groups excluding tert-OH is 1. The molecule has 0 radical (unpaired) electrons. The first-order valence-corrected chi connectivity index (χ1v) is 6.33. The monoisotopic (exact) mass is 273 g/mol. The maximum atomic E-state index is 8.89. The molecule has 2 nitrogen and oxygen atoms in total. The molecule has 0 aliphatic heterocycles. The van der Waals surface area contributed by atoms with Gasteiger partial charge in [0.05, 0.1) is 0 Å². The van der Waals surface area contributed by atoms with E-state index in [-0.39, 0.29) is 21.1 Å². The van der Waals surface area contributed by atoms with E-state index in [0.717, 1.165) is 20.8 Å². The summed E-state index contributed by atoms with van der Waals surface area (Å²) in [4.78, 5) is 6.32. The zero-order valence-corrected chi connectivity index (χ0v) is 9.74. The van der Waals surface area contributed by atoms with Crippen molar-refractivity contribution in [3.05, 3.63) is 39.9 Å². The Labute approximate surface area is 92.9 Å². The second-order valence-corrected chi connectivity index (χ2v) is 5.05. The SMILES string of the molecule is OCc1c[se]c(-c2ccc(Cl)cc2)n1. The standard InChI is InChI=1S/C10H8ClNOSe/c11-8-3-1-7(2-4-8)10-12-9(5-13)6-14-10/h1-4,6,13H,5H2. The number of aromatic nitrogens is 1. The van der Waals surface area contributed by atoms with Crippen molar-refractivity contribution in [2.45, 2.75) is 6.61 Å². The van der Waals surface area contributed by atoms with Gasteiger partial charge < -0.3 is 0 Å². The molecule has 1 heterocycles. The first-order valence-electron chi connectivity index (χ1n) is 4.11. The Morgan fingerprint density at radius 3 is 2.57 bits per heavy atom. The summed E-state index contributed by atoms with van der Waals surface area (Å²) in [6.45, 7) is 0.0266. The number of halogens is 1. The van der Waals surface area contributed by atoms with Crippen LogP contribution < -0.4 is 0 Å². The van der Waals surface area contributed by atoms with Crippen LogP contribution in [-0.4, -0.2) is 24.6 Å². The molecular formula is C10H8ClNOSe. The van der Waals surface area contributed by atoms with E-state index in [0.29, 0.717) is 0 Å². The van der Waals surface area contributed by atoms with Gasteiger partial charge >= 0.3 is 92.9 Å². The van der Waals surface area contributed by atoms with Gasteiger partial charge in [0.25, 0.3) is 0 Å². The second-order valence-electron chi connectivity index (χ2n) is 2.81. The summed E-state index contributed by atoms with van der Waals surface area (Å²) in [6, 6.07) is 7.62. The molecular weight excluding hydrogens is 265 g/mol. The van der Waals surface area contributed by atoms with Crippen molar-refractivity contribution in [3.63, 3.8) is 0 Å². The molecule has 1 aromatic carbocycles. The van der Waals surface area contributed by atoms with Crippen LogP contribution in [0.5, 0.6) is 0 Å². The van der Waals surface area contributed by atoms with Gasteiger partial charge in [0.1, 0.15) is 0 Å². The van der Waals surface area contributed by atoms with E-state index < -0.39 is 0 Å². The predicted molar refractivity (Wildman–Crippen MR) is 57.5 cm³/mol. The fourth-order valence-corrected chi connectivity index (χ4v) is 2.94. The Kier molecular flexibility index (Phi) is 3.04. The van der Waals surface area contributed by atoms with E-state index in [2.05, 4.69) is 4.98 Å². The van der Waals surface area contributed by atoms with Crippen LogP contribution in [0.1, 0.15) is 5.69 Å². The molecule has 0 fully saturated rings. The summed E-state index contributed by atoms with van der Waals surface area (Å²) in [7, 11) is 0. The zero-order chi connectivity index (χ0) is 9.97. The molecule has 2 aromatic rings. The molecule has 0 atom stereocenters. The van der Waals surface area contributed by atoms with Gasteiger partial charge in [-0.2, -0.15) is 0 Å². The topological polar surface area (TPSA) is 33.1 Å². The van der Waals surface area contributed by atoms with Crippen molar-refractivity contribution < 1.29 is 5.11 Å². The van der Waals surface area contributed by atoms with Crippen LogP contribution in [0.25, 0.3) is 10.1 Å². The number of aliphatic hydroxyl groups is 1. The molecule has 1 N–H and O–H groups in total. The van der Waals surface area contributed by atoms with Gasteiger partial charge in [-0.3, -0.25) is 0 Å². The van der Waals surface area contributed by atoms with Crippen molar-refractivity contribution >= 4 is 26.1 Å². The van der Waals surface area contributed by atoms with Crippen LogP contribution in [0.15, 0.2) is 29.2 Å². The Balaban J connectivity index is 2.34. The number of hydrogen-bond donors (Lipinski definition) is 1. The summed E-state index contributed by atoms with van der Waals surface area (Å²) >= 11 is 6.03. The van der Waals surface area contributed by atoms with E-state index in [4.69, 9.17) is 16.7 Å². The van der Waals surface area contributed by atoms with Gasteiger partial charge in [0.2, 0.25) is 0 Å². The third kappa shape index (κ3) is 2.07. The normalized spacial score (nSPS) is 10.4. The van der Waals surface area contributed by atoms with E-state index >= 15 is 0 Å². The van der Waals surface area contributed by atoms with Gasteiger partial charge in [0, 0.05) is 0 Å². The van der Waals surface area contributed by atoms with E-state index in [1.165, 1.54) is 0 Å². The summed E-state index contributed by atoms with van der Waals surface area (Å²) in [5.74, 6) is 0. The van der Waals surface area contributed by atoms with Crippen molar-refractivity contribution in [2.24, 2.45) is 0 Å². The third-order valence-electron chi connectivity index (χ3n) is 1.80. The number of benzene rings is 1. The van der Waals surface area contributed by atoms with Gasteiger partial charge in [-0.25, -0.2) is 0 Å². The first-order chi connectivity index (χ1) is 6.79. The van der Waals surface area contributed by atoms with Crippen molar-refractivity contribution in [1.82, 2.24) is 4.98 Å². The fourth-order valence-electron chi connectivity index (χ4n) is 1.10. The van der Waals surface area contributed by atoms with E-state index in [9.17, 15) is 0 Å². The molecule has 0 unspecified atom stereocenters. The molecule has 14 heavy (non-hydrogen) atoms. The fraction of sp³-hybridized carbons (Fsp3) is 0.100. The minimum absolute atomic E-state index is 0.0266. The predicted octanol–water partition coefficient (Wildman–Crippen LogP) is 1.95. The van der Waals surface area contributed by atoms with Crippen molar-refractivity contribution in [2.75, 3.05) is 0 Å². The summed E-state index contributed by atoms with van der Waals surface area (Å²) in [6.07, 6.45) is 0. The van der Waals surface area contributed by atoms with Crippen LogP contribution in [0.4, 0.5) is 0 Å². The number of rotatable bonds is 2. The molecule has 4 heteroatoms. The summed E-state index contributed by atoms with van der Waals surface area (Å²) in [5, 5.41) is 9.62. The van der Waals surface area contributed by atoms with Crippen LogP contribution in [-0.2, 0) is 6.61 Å². The molecule has 2 rings (SSSR count). The Morgan fingerprint density at radius 2 is 2.00 bits per heavy atom. The van der Waals surface area contributed by atoms with Crippen LogP contribution >= 0.6 is 11.6 Å². The van der Waals surface area contributed by atoms with Gasteiger partial charge in [-0.1, -0.05) is 0 Å². The molecule has 0 aliphatic carbocycles. The quantitative estimate of drug-likeness (QED) is 0.848. The van der Waals surface area contributed by atoms with E-state index in [1.54, 1.807) is 0 Å². The summed E-state index contributed by atoms with van der Waals surface area (Å²) < 4.78 is 1.05. The van der Waals surface area contributed by atoms with Crippen LogP contribution in [0, 0.1) is 0 Å². The maximum absolute atomic E-state index is 8.89. The summed E-state index contributed by atoms with van der Waals surface area (Å²) in [5.41, 5.74) is 1.86. The molecule has 0 aliphatic rings. The van der Waals surface area contributed by atoms with Gasteiger partial charge in [0.15, 0.2) is 0 Å². The Bertz CT molecular complexity index is 424. The average Bonchev–Trinajstić information content (AvgIpc) is 2.67.